The van der Waals surface area contributed by atoms with Crippen LogP contribution < -0.4 is 4.74 Å². The molecule has 2 bridgehead atoms. The number of nitrogens with zero attached hydrogens (tertiary/aromatic N) is 1. The Morgan fingerprint density at radius 2 is 2.04 bits per heavy atom. The third-order valence-corrected chi connectivity index (χ3v) is 6.53. The van der Waals surface area contributed by atoms with Crippen LogP contribution in [0.25, 0.3) is 0 Å². The second-order valence-corrected chi connectivity index (χ2v) is 7.26. The first kappa shape index (κ1) is 15.9. The van der Waals surface area contributed by atoms with Gasteiger partial charge in [-0.3, -0.25) is 4.79 Å². The molecule has 4 unspecified atom stereocenters. The molecule has 2 aliphatic heterocycles. The molecular weight excluding hydrogens is 306 g/mol. The summed E-state index contributed by atoms with van der Waals surface area (Å²) in [6, 6.07) is 3.57. The third kappa shape index (κ3) is 1.55. The van der Waals surface area contributed by atoms with Crippen LogP contribution in [0.2, 0.25) is 0 Å². The fraction of sp³-hybridized carbons (Fsp3) is 0.632. The minimum atomic E-state index is -0.954. The van der Waals surface area contributed by atoms with E-state index in [0.717, 1.165) is 24.1 Å². The molecule has 130 valence electrons. The molecule has 4 aliphatic rings. The van der Waals surface area contributed by atoms with Crippen molar-refractivity contribution < 1.29 is 19.7 Å². The van der Waals surface area contributed by atoms with Crippen LogP contribution >= 0.6 is 0 Å². The first-order chi connectivity index (χ1) is 11.5. The number of rotatable bonds is 0. The van der Waals surface area contributed by atoms with Gasteiger partial charge in [-0.2, -0.15) is 0 Å². The van der Waals surface area contributed by atoms with Crippen molar-refractivity contribution in [1.82, 2.24) is 4.90 Å². The van der Waals surface area contributed by atoms with Crippen molar-refractivity contribution in [3.63, 3.8) is 0 Å². The van der Waals surface area contributed by atoms with Gasteiger partial charge in [-0.15, -0.1) is 0 Å². The largest absolute Gasteiger partial charge is 0.504 e. The summed E-state index contributed by atoms with van der Waals surface area (Å²) >= 11 is 0. The third-order valence-electron chi connectivity index (χ3n) is 6.53. The molecule has 2 aliphatic carbocycles. The Morgan fingerprint density at radius 1 is 1.29 bits per heavy atom. The minimum absolute atomic E-state index is 0.00319. The number of ketones is 1. The number of aliphatic hydroxyl groups is 1. The number of phenols is 1. The number of benzene rings is 1. The molecule has 5 heteroatoms. The molecule has 4 atom stereocenters. The van der Waals surface area contributed by atoms with Gasteiger partial charge in [-0.25, -0.2) is 0 Å². The maximum Gasteiger partial charge on any atom is 0.174 e. The van der Waals surface area contributed by atoms with E-state index in [0.29, 0.717) is 25.0 Å². The second-order valence-electron chi connectivity index (χ2n) is 7.26. The molecule has 1 saturated carbocycles. The smallest absolute Gasteiger partial charge is 0.174 e. The van der Waals surface area contributed by atoms with E-state index in [2.05, 4.69) is 4.90 Å². The Balaban J connectivity index is 0.000000704. The lowest BCUT2D eigenvalue weighted by Crippen LogP contribution is -2.76. The molecule has 1 aromatic carbocycles. The van der Waals surface area contributed by atoms with Gasteiger partial charge in [0.2, 0.25) is 0 Å². The molecule has 0 amide bonds. The molecule has 2 N–H and O–H groups in total. The van der Waals surface area contributed by atoms with Crippen LogP contribution in [0.15, 0.2) is 12.1 Å². The predicted octanol–water partition coefficient (Wildman–Crippen LogP) is 1.77. The summed E-state index contributed by atoms with van der Waals surface area (Å²) < 4.78 is 5.94. The zero-order valence-electron chi connectivity index (χ0n) is 14.5. The highest BCUT2D eigenvalue weighted by Crippen LogP contribution is 2.64. The van der Waals surface area contributed by atoms with Gasteiger partial charge in [0, 0.05) is 18.0 Å². The van der Waals surface area contributed by atoms with Crippen molar-refractivity contribution >= 4 is 5.78 Å². The summed E-state index contributed by atoms with van der Waals surface area (Å²) in [6.45, 7) is 4.83. The Hall–Kier alpha value is -1.59. The summed E-state index contributed by atoms with van der Waals surface area (Å²) in [4.78, 5) is 14.7. The van der Waals surface area contributed by atoms with Crippen molar-refractivity contribution in [1.29, 1.82) is 0 Å². The molecule has 5 nitrogen and oxygen atoms in total. The Kier molecular flexibility index (Phi) is 3.29. The van der Waals surface area contributed by atoms with Crippen molar-refractivity contribution in [3.05, 3.63) is 23.3 Å². The van der Waals surface area contributed by atoms with Gasteiger partial charge < -0.3 is 19.8 Å². The van der Waals surface area contributed by atoms with Crippen LogP contribution in [0.5, 0.6) is 11.5 Å². The summed E-state index contributed by atoms with van der Waals surface area (Å²) in [5.74, 6) is 0.561. The summed E-state index contributed by atoms with van der Waals surface area (Å²) in [5.41, 5.74) is 0.370. The molecular formula is C19H25NO4. The molecule has 2 fully saturated rings. The first-order valence-corrected chi connectivity index (χ1v) is 8.96. The topological polar surface area (TPSA) is 70.0 Å². The van der Waals surface area contributed by atoms with Gasteiger partial charge in [0.05, 0.1) is 11.0 Å². The highest BCUT2D eigenvalue weighted by molar-refractivity contribution is 5.90. The highest BCUT2D eigenvalue weighted by Gasteiger charge is 2.72. The quantitative estimate of drug-likeness (QED) is 0.758. The Bertz CT molecular complexity index is 718. The van der Waals surface area contributed by atoms with E-state index in [1.807, 2.05) is 27.0 Å². The number of piperidine rings is 1. The number of Topliss-reactive ketones (excluding diaryl/α,β-unsaturated/α-hetero) is 1. The first-order valence-electron chi connectivity index (χ1n) is 8.96. The normalized spacial score (nSPS) is 38.8. The lowest BCUT2D eigenvalue weighted by Gasteiger charge is -2.61. The zero-order chi connectivity index (χ0) is 17.3. The fourth-order valence-corrected chi connectivity index (χ4v) is 5.54. The molecule has 1 spiro atoms. The Morgan fingerprint density at radius 3 is 2.79 bits per heavy atom. The molecule has 2 heterocycles. The zero-order valence-corrected chi connectivity index (χ0v) is 14.5. The number of phenolic OH excluding ortho intramolecular Hbond substituents is 1. The predicted molar refractivity (Wildman–Crippen MR) is 89.5 cm³/mol. The van der Waals surface area contributed by atoms with Crippen molar-refractivity contribution in [2.24, 2.45) is 0 Å². The monoisotopic (exact) mass is 331 g/mol. The molecule has 1 aromatic rings. The summed E-state index contributed by atoms with van der Waals surface area (Å²) in [5, 5.41) is 21.8. The highest BCUT2D eigenvalue weighted by atomic mass is 16.5. The van der Waals surface area contributed by atoms with Crippen molar-refractivity contribution in [3.8, 4) is 11.5 Å². The van der Waals surface area contributed by atoms with Crippen molar-refractivity contribution in [2.45, 2.75) is 62.7 Å². The lowest BCUT2D eigenvalue weighted by atomic mass is 9.49. The van der Waals surface area contributed by atoms with Gasteiger partial charge in [-0.1, -0.05) is 19.9 Å². The van der Waals surface area contributed by atoms with E-state index >= 15 is 0 Å². The number of likely N-dealkylation sites (tertiary alicyclic amines) is 1. The number of likely N-dealkylation sites (N-methyl/N-ethyl adjacent to an activating group) is 1. The SMILES string of the molecule is CC.CN1CCC23c4c5ccc(O)c4OC2C(=O)CCC3(O)C1C5. The number of carbonyl (C=O) groups excluding carboxylic acids is 1. The minimum Gasteiger partial charge on any atom is -0.504 e. The van der Waals surface area contributed by atoms with E-state index in [9.17, 15) is 15.0 Å². The molecule has 5 rings (SSSR count). The number of hydrogen-bond acceptors (Lipinski definition) is 5. The maximum absolute atomic E-state index is 12.5. The van der Waals surface area contributed by atoms with Crippen LogP contribution in [0, 0.1) is 0 Å². The number of hydrogen-bond donors (Lipinski definition) is 2. The van der Waals surface area contributed by atoms with Crippen LogP contribution in [0.1, 0.15) is 44.2 Å². The molecule has 0 aromatic heterocycles. The average Bonchev–Trinajstić information content (AvgIpc) is 2.94. The van der Waals surface area contributed by atoms with Crippen molar-refractivity contribution in [2.75, 3.05) is 13.6 Å². The fourth-order valence-electron chi connectivity index (χ4n) is 5.54. The second kappa shape index (κ2) is 4.96. The van der Waals surface area contributed by atoms with Gasteiger partial charge in [0.25, 0.3) is 0 Å². The van der Waals surface area contributed by atoms with Gasteiger partial charge >= 0.3 is 0 Å². The van der Waals surface area contributed by atoms with Gasteiger partial charge in [0.1, 0.15) is 0 Å². The van der Waals surface area contributed by atoms with Gasteiger partial charge in [0.15, 0.2) is 23.4 Å². The van der Waals surface area contributed by atoms with E-state index in [-0.39, 0.29) is 17.6 Å². The van der Waals surface area contributed by atoms with E-state index in [1.54, 1.807) is 6.07 Å². The van der Waals surface area contributed by atoms with E-state index in [4.69, 9.17) is 4.74 Å². The molecule has 1 saturated heterocycles. The Labute approximate surface area is 142 Å². The van der Waals surface area contributed by atoms with Crippen LogP contribution in [0.4, 0.5) is 0 Å². The van der Waals surface area contributed by atoms with E-state index < -0.39 is 17.1 Å². The van der Waals surface area contributed by atoms with E-state index in [1.165, 1.54) is 0 Å². The number of aromatic hydroxyl groups is 1. The number of ether oxygens (including phenoxy) is 1. The molecule has 0 radical (unpaired) electrons. The summed E-state index contributed by atoms with van der Waals surface area (Å²) in [7, 11) is 2.04. The van der Waals surface area contributed by atoms with Crippen LogP contribution in [0.3, 0.4) is 0 Å². The van der Waals surface area contributed by atoms with Crippen LogP contribution in [-0.2, 0) is 16.6 Å². The standard InChI is InChI=1S/C17H19NO4.C2H6/c1-18-7-6-16-13-9-2-3-10(19)14(13)22-15(16)11(20)4-5-17(16,21)12(18)8-9;1-2/h2-3,12,15,19,21H,4-8H2,1H3;1-2H3. The van der Waals surface area contributed by atoms with Gasteiger partial charge in [-0.05, 0) is 44.5 Å². The number of carbonyl (C=O) groups is 1. The van der Waals surface area contributed by atoms with Crippen LogP contribution in [-0.4, -0.2) is 52.2 Å². The maximum atomic E-state index is 12.5. The molecule has 24 heavy (non-hydrogen) atoms. The average molecular weight is 331 g/mol. The summed E-state index contributed by atoms with van der Waals surface area (Å²) in [6.07, 6.45) is 1.61. The lowest BCUT2D eigenvalue weighted by molar-refractivity contribution is -0.185.